The molecule has 1 atom stereocenters. The normalized spacial score (nSPS) is 11.5. The summed E-state index contributed by atoms with van der Waals surface area (Å²) in [4.78, 5) is 35.3. The van der Waals surface area contributed by atoms with Crippen LogP contribution in [0.25, 0.3) is 11.3 Å². The Morgan fingerprint density at radius 3 is 2.19 bits per heavy atom. The molecule has 0 radical (unpaired) electrons. The zero-order chi connectivity index (χ0) is 22.5. The number of amides is 2. The van der Waals surface area contributed by atoms with Gasteiger partial charge in [-0.1, -0.05) is 43.5 Å². The molecule has 1 aromatic carbocycles. The second-order valence-electron chi connectivity index (χ2n) is 7.32. The number of carbonyl (C=O) groups excluding carboxylic acids is 3. The van der Waals surface area contributed by atoms with E-state index in [9.17, 15) is 14.4 Å². The summed E-state index contributed by atoms with van der Waals surface area (Å²) >= 11 is 0. The molecule has 0 aliphatic heterocycles. The largest absolute Gasteiger partial charge is 0.467 e. The van der Waals surface area contributed by atoms with Gasteiger partial charge in [-0.25, -0.2) is 10.3 Å². The zero-order valence-corrected chi connectivity index (χ0v) is 17.8. The molecule has 3 N–H and O–H groups in total. The van der Waals surface area contributed by atoms with Crippen LogP contribution in [0.3, 0.4) is 0 Å². The molecule has 2 aromatic rings. The average molecular weight is 431 g/mol. The highest BCUT2D eigenvalue weighted by atomic mass is 16.5. The minimum absolute atomic E-state index is 0.192. The number of methoxy groups -OCH3 is 1. The smallest absolute Gasteiger partial charge is 0.328 e. The third-order valence-electron chi connectivity index (χ3n) is 4.95. The third kappa shape index (κ3) is 8.64. The molecule has 0 spiro atoms. The van der Waals surface area contributed by atoms with Crippen molar-refractivity contribution in [3.63, 3.8) is 0 Å². The summed E-state index contributed by atoms with van der Waals surface area (Å²) in [6, 6.07) is 10.6. The first-order chi connectivity index (χ1) is 15.0. The Bertz CT molecular complexity index is 817. The number of nitrogens with one attached hydrogen (secondary N) is 2. The first kappa shape index (κ1) is 24.1. The van der Waals surface area contributed by atoms with Gasteiger partial charge in [0.05, 0.1) is 13.4 Å². The number of benzene rings is 1. The van der Waals surface area contributed by atoms with Gasteiger partial charge in [0.15, 0.2) is 0 Å². The quantitative estimate of drug-likeness (QED) is 0.194. The highest BCUT2D eigenvalue weighted by Crippen LogP contribution is 2.20. The number of carbonyl (C=O) groups is 3. The van der Waals surface area contributed by atoms with E-state index < -0.39 is 12.0 Å². The van der Waals surface area contributed by atoms with Gasteiger partial charge in [0.1, 0.15) is 11.8 Å². The molecular weight excluding hydrogens is 400 g/mol. The second kappa shape index (κ2) is 13.2. The molecular formula is C23H30N2O6. The molecule has 8 heteroatoms. The van der Waals surface area contributed by atoms with E-state index in [4.69, 9.17) is 14.4 Å². The van der Waals surface area contributed by atoms with Crippen LogP contribution in [0, 0.1) is 0 Å². The maximum absolute atomic E-state index is 12.3. The van der Waals surface area contributed by atoms with E-state index in [0.29, 0.717) is 32.1 Å². The molecule has 0 aliphatic rings. The lowest BCUT2D eigenvalue weighted by atomic mass is 10.0. The van der Waals surface area contributed by atoms with Crippen molar-refractivity contribution < 1.29 is 28.7 Å². The van der Waals surface area contributed by atoms with Crippen LogP contribution in [0.4, 0.5) is 0 Å². The van der Waals surface area contributed by atoms with Crippen molar-refractivity contribution in [2.75, 3.05) is 7.11 Å². The number of furan rings is 1. The summed E-state index contributed by atoms with van der Waals surface area (Å²) in [6.07, 6.45) is 6.56. The second-order valence-corrected chi connectivity index (χ2v) is 7.32. The number of unbranched alkanes of at least 4 members (excludes halogenated alkanes) is 4. The van der Waals surface area contributed by atoms with Crippen molar-refractivity contribution in [1.82, 2.24) is 10.8 Å². The standard InChI is InChI=1S/C23H30N2O6/c1-30-23(28)19(16-17-11-13-18(14-12-17)20-8-7-15-31-20)24-21(26)9-5-3-2-4-6-10-22(27)25-29/h7-8,11-15,19,29H,2-6,9-10,16H2,1H3,(H,24,26)(H,25,27)/t19-/m0/s1. The van der Waals surface area contributed by atoms with Gasteiger partial charge in [-0.15, -0.1) is 0 Å². The summed E-state index contributed by atoms with van der Waals surface area (Å²) in [5.74, 6) is -0.294. The van der Waals surface area contributed by atoms with Gasteiger partial charge in [-0.2, -0.15) is 0 Å². The molecule has 0 saturated heterocycles. The fourth-order valence-corrected chi connectivity index (χ4v) is 3.24. The SMILES string of the molecule is COC(=O)[C@H](Cc1ccc(-c2ccco2)cc1)NC(=O)CCCCCCCC(=O)NO. The summed E-state index contributed by atoms with van der Waals surface area (Å²) in [5, 5.41) is 11.2. The van der Waals surface area contributed by atoms with Gasteiger partial charge in [0.2, 0.25) is 11.8 Å². The van der Waals surface area contributed by atoms with E-state index in [2.05, 4.69) is 5.32 Å². The van der Waals surface area contributed by atoms with Crippen LogP contribution < -0.4 is 10.8 Å². The molecule has 0 bridgehead atoms. The lowest BCUT2D eigenvalue weighted by Gasteiger charge is -2.17. The molecule has 0 unspecified atom stereocenters. The fourth-order valence-electron chi connectivity index (χ4n) is 3.24. The predicted molar refractivity (Wildman–Crippen MR) is 114 cm³/mol. The van der Waals surface area contributed by atoms with Gasteiger partial charge in [-0.3, -0.25) is 14.8 Å². The van der Waals surface area contributed by atoms with E-state index >= 15 is 0 Å². The summed E-state index contributed by atoms with van der Waals surface area (Å²) in [5.41, 5.74) is 3.44. The molecule has 0 saturated carbocycles. The van der Waals surface area contributed by atoms with Crippen molar-refractivity contribution in [2.24, 2.45) is 0 Å². The topological polar surface area (TPSA) is 118 Å². The lowest BCUT2D eigenvalue weighted by Crippen LogP contribution is -2.43. The number of hydrogen-bond acceptors (Lipinski definition) is 6. The van der Waals surface area contributed by atoms with E-state index in [1.165, 1.54) is 7.11 Å². The number of rotatable bonds is 13. The highest BCUT2D eigenvalue weighted by Gasteiger charge is 2.21. The Morgan fingerprint density at radius 1 is 0.968 bits per heavy atom. The Kier molecular flexibility index (Phi) is 10.3. The number of hydroxylamine groups is 1. The van der Waals surface area contributed by atoms with Gasteiger partial charge >= 0.3 is 5.97 Å². The molecule has 1 heterocycles. The molecule has 2 rings (SSSR count). The van der Waals surface area contributed by atoms with E-state index in [1.807, 2.05) is 36.4 Å². The molecule has 2 amide bonds. The summed E-state index contributed by atoms with van der Waals surface area (Å²) < 4.78 is 10.2. The number of ether oxygens (including phenoxy) is 1. The van der Waals surface area contributed by atoms with Crippen LogP contribution in [0.5, 0.6) is 0 Å². The highest BCUT2D eigenvalue weighted by molar-refractivity contribution is 5.84. The van der Waals surface area contributed by atoms with Crippen LogP contribution in [0.15, 0.2) is 47.1 Å². The Labute approximate surface area is 181 Å². The van der Waals surface area contributed by atoms with Crippen molar-refractivity contribution in [2.45, 2.75) is 57.4 Å². The Balaban J connectivity index is 1.76. The number of hydrogen-bond donors (Lipinski definition) is 3. The van der Waals surface area contributed by atoms with Crippen LogP contribution in [0.2, 0.25) is 0 Å². The van der Waals surface area contributed by atoms with Gasteiger partial charge in [0, 0.05) is 24.8 Å². The maximum Gasteiger partial charge on any atom is 0.328 e. The first-order valence-electron chi connectivity index (χ1n) is 10.5. The monoisotopic (exact) mass is 430 g/mol. The molecule has 0 fully saturated rings. The van der Waals surface area contributed by atoms with Crippen molar-refractivity contribution in [3.8, 4) is 11.3 Å². The van der Waals surface area contributed by atoms with E-state index in [1.54, 1.807) is 11.7 Å². The van der Waals surface area contributed by atoms with Crippen LogP contribution in [-0.2, 0) is 25.5 Å². The van der Waals surface area contributed by atoms with Crippen molar-refractivity contribution >= 4 is 17.8 Å². The lowest BCUT2D eigenvalue weighted by molar-refractivity contribution is -0.145. The van der Waals surface area contributed by atoms with Gasteiger partial charge < -0.3 is 14.5 Å². The van der Waals surface area contributed by atoms with Crippen LogP contribution >= 0.6 is 0 Å². The van der Waals surface area contributed by atoms with Crippen LogP contribution in [0.1, 0.15) is 50.5 Å². The van der Waals surface area contributed by atoms with E-state index in [-0.39, 0.29) is 11.8 Å². The molecule has 8 nitrogen and oxygen atoms in total. The predicted octanol–water partition coefficient (Wildman–Crippen LogP) is 3.38. The third-order valence-corrected chi connectivity index (χ3v) is 4.95. The van der Waals surface area contributed by atoms with Crippen molar-refractivity contribution in [3.05, 3.63) is 48.2 Å². The fraction of sp³-hybridized carbons (Fsp3) is 0.435. The van der Waals surface area contributed by atoms with Gasteiger partial charge in [0.25, 0.3) is 0 Å². The number of esters is 1. The minimum Gasteiger partial charge on any atom is -0.467 e. The molecule has 168 valence electrons. The zero-order valence-electron chi connectivity index (χ0n) is 17.8. The minimum atomic E-state index is -0.746. The Hall–Kier alpha value is -3.13. The van der Waals surface area contributed by atoms with Gasteiger partial charge in [-0.05, 0) is 30.5 Å². The molecule has 31 heavy (non-hydrogen) atoms. The Morgan fingerprint density at radius 2 is 1.61 bits per heavy atom. The van der Waals surface area contributed by atoms with E-state index in [0.717, 1.165) is 36.1 Å². The maximum atomic E-state index is 12.3. The van der Waals surface area contributed by atoms with Crippen LogP contribution in [-0.4, -0.2) is 36.1 Å². The molecule has 0 aliphatic carbocycles. The first-order valence-corrected chi connectivity index (χ1v) is 10.5. The summed E-state index contributed by atoms with van der Waals surface area (Å²) in [7, 11) is 1.30. The molecule has 1 aromatic heterocycles. The average Bonchev–Trinajstić information content (AvgIpc) is 3.32. The summed E-state index contributed by atoms with van der Waals surface area (Å²) in [6.45, 7) is 0. The van der Waals surface area contributed by atoms with Crippen molar-refractivity contribution in [1.29, 1.82) is 0 Å².